The monoisotopic (exact) mass is 687 g/mol. The van der Waals surface area contributed by atoms with Crippen LogP contribution in [-0.2, 0) is 33.8 Å². The fourth-order valence-corrected chi connectivity index (χ4v) is 6.27. The number of urea groups is 1. The summed E-state index contributed by atoms with van der Waals surface area (Å²) in [6, 6.07) is 22.2. The number of benzene rings is 3. The highest BCUT2D eigenvalue weighted by atomic mass is 35.5. The van der Waals surface area contributed by atoms with Crippen LogP contribution in [0.4, 0.5) is 4.79 Å². The van der Waals surface area contributed by atoms with Crippen LogP contribution in [0.25, 0.3) is 11.1 Å². The molecule has 1 heterocycles. The van der Waals surface area contributed by atoms with Crippen molar-refractivity contribution in [3.05, 3.63) is 94.5 Å². The molecule has 1 fully saturated rings. The zero-order valence-electron chi connectivity index (χ0n) is 29.2. The molecule has 10 heteroatoms. The smallest absolute Gasteiger partial charge is 0.317 e. The Kier molecular flexibility index (Phi) is 14.1. The van der Waals surface area contributed by atoms with Crippen LogP contribution in [0.2, 0.25) is 5.02 Å². The SMILES string of the molecule is CCCCN(Cc1cccc(-c2ccc(C[C@@H]3C(=O)N(CC(=O)NCCc4ccc(Cl)cc4)[C@@H](C)C(=O)N3CCCC)cc2)c1)C(=O)NC. The maximum absolute atomic E-state index is 14.0. The molecule has 1 aliphatic heterocycles. The van der Waals surface area contributed by atoms with Crippen molar-refractivity contribution < 1.29 is 19.2 Å². The van der Waals surface area contributed by atoms with Crippen LogP contribution in [0.15, 0.2) is 72.8 Å². The van der Waals surface area contributed by atoms with Crippen molar-refractivity contribution in [1.82, 2.24) is 25.3 Å². The van der Waals surface area contributed by atoms with Gasteiger partial charge < -0.3 is 25.3 Å². The van der Waals surface area contributed by atoms with Gasteiger partial charge in [-0.1, -0.05) is 92.9 Å². The van der Waals surface area contributed by atoms with Gasteiger partial charge in [0.25, 0.3) is 0 Å². The van der Waals surface area contributed by atoms with E-state index in [2.05, 4.69) is 30.5 Å². The van der Waals surface area contributed by atoms with Crippen LogP contribution in [0.3, 0.4) is 0 Å². The van der Waals surface area contributed by atoms with Crippen molar-refractivity contribution >= 4 is 35.4 Å². The van der Waals surface area contributed by atoms with E-state index < -0.39 is 12.1 Å². The Morgan fingerprint density at radius 1 is 0.837 bits per heavy atom. The molecule has 0 bridgehead atoms. The van der Waals surface area contributed by atoms with Crippen LogP contribution >= 0.6 is 11.6 Å². The molecule has 0 unspecified atom stereocenters. The van der Waals surface area contributed by atoms with Gasteiger partial charge in [0.1, 0.15) is 18.6 Å². The minimum Gasteiger partial charge on any atom is -0.354 e. The summed E-state index contributed by atoms with van der Waals surface area (Å²) in [4.78, 5) is 57.9. The topological polar surface area (TPSA) is 102 Å². The highest BCUT2D eigenvalue weighted by Crippen LogP contribution is 2.26. The fraction of sp³-hybridized carbons (Fsp3) is 0.436. The zero-order valence-corrected chi connectivity index (χ0v) is 30.0. The molecule has 49 heavy (non-hydrogen) atoms. The Balaban J connectivity index is 1.45. The van der Waals surface area contributed by atoms with E-state index >= 15 is 0 Å². The summed E-state index contributed by atoms with van der Waals surface area (Å²) in [5, 5.41) is 6.30. The number of hydrogen-bond acceptors (Lipinski definition) is 4. The van der Waals surface area contributed by atoms with Crippen molar-refractivity contribution in [2.24, 2.45) is 0 Å². The number of rotatable bonds is 16. The van der Waals surface area contributed by atoms with Gasteiger partial charge in [-0.2, -0.15) is 0 Å². The van der Waals surface area contributed by atoms with E-state index in [1.165, 1.54) is 4.90 Å². The van der Waals surface area contributed by atoms with Gasteiger partial charge in [0.15, 0.2) is 0 Å². The summed E-state index contributed by atoms with van der Waals surface area (Å²) < 4.78 is 0. The molecule has 5 amide bonds. The molecule has 9 nitrogen and oxygen atoms in total. The van der Waals surface area contributed by atoms with E-state index in [1.807, 2.05) is 71.6 Å². The fourth-order valence-electron chi connectivity index (χ4n) is 6.14. The van der Waals surface area contributed by atoms with Gasteiger partial charge >= 0.3 is 6.03 Å². The first-order valence-corrected chi connectivity index (χ1v) is 17.8. The van der Waals surface area contributed by atoms with E-state index in [1.54, 1.807) is 18.9 Å². The third-order valence-corrected chi connectivity index (χ3v) is 9.32. The van der Waals surface area contributed by atoms with Crippen LogP contribution < -0.4 is 10.6 Å². The highest BCUT2D eigenvalue weighted by Gasteiger charge is 2.44. The van der Waals surface area contributed by atoms with Gasteiger partial charge in [-0.05, 0) is 72.2 Å². The van der Waals surface area contributed by atoms with E-state index in [0.717, 1.165) is 53.5 Å². The molecule has 0 aliphatic carbocycles. The molecule has 0 spiro atoms. The molecule has 2 N–H and O–H groups in total. The molecule has 0 aromatic heterocycles. The van der Waals surface area contributed by atoms with Crippen molar-refractivity contribution in [3.8, 4) is 11.1 Å². The molecular weight excluding hydrogens is 638 g/mol. The van der Waals surface area contributed by atoms with Gasteiger partial charge in [-0.25, -0.2) is 4.79 Å². The van der Waals surface area contributed by atoms with Crippen LogP contribution in [0.5, 0.6) is 0 Å². The number of piperazine rings is 1. The first kappa shape index (κ1) is 37.4. The third kappa shape index (κ3) is 10.3. The predicted molar refractivity (Wildman–Crippen MR) is 195 cm³/mol. The van der Waals surface area contributed by atoms with E-state index in [0.29, 0.717) is 44.0 Å². The van der Waals surface area contributed by atoms with Crippen molar-refractivity contribution in [3.63, 3.8) is 0 Å². The normalized spacial score (nSPS) is 16.1. The Hall–Kier alpha value is -4.37. The molecule has 262 valence electrons. The quantitative estimate of drug-likeness (QED) is 0.191. The Morgan fingerprint density at radius 3 is 2.20 bits per heavy atom. The van der Waals surface area contributed by atoms with E-state index in [4.69, 9.17) is 11.6 Å². The van der Waals surface area contributed by atoms with E-state index in [9.17, 15) is 19.2 Å². The number of halogens is 1. The number of amides is 5. The minimum absolute atomic E-state index is 0.0883. The molecule has 0 radical (unpaired) electrons. The number of hydrogen-bond donors (Lipinski definition) is 2. The van der Waals surface area contributed by atoms with Crippen molar-refractivity contribution in [2.45, 2.75) is 77.9 Å². The lowest BCUT2D eigenvalue weighted by atomic mass is 9.95. The van der Waals surface area contributed by atoms with Crippen LogP contribution in [0, 0.1) is 0 Å². The second-order valence-electron chi connectivity index (χ2n) is 12.7. The summed E-state index contributed by atoms with van der Waals surface area (Å²) in [5.74, 6) is -0.639. The molecule has 1 aliphatic rings. The number of nitrogens with one attached hydrogen (secondary N) is 2. The van der Waals surface area contributed by atoms with E-state index in [-0.39, 0.29) is 30.3 Å². The molecular formula is C39H50ClN5O4. The maximum Gasteiger partial charge on any atom is 0.317 e. The lowest BCUT2D eigenvalue weighted by molar-refractivity contribution is -0.162. The van der Waals surface area contributed by atoms with Crippen molar-refractivity contribution in [1.29, 1.82) is 0 Å². The summed E-state index contributed by atoms with van der Waals surface area (Å²) >= 11 is 5.97. The molecule has 2 atom stereocenters. The lowest BCUT2D eigenvalue weighted by Gasteiger charge is -2.44. The average Bonchev–Trinajstić information content (AvgIpc) is 3.11. The third-order valence-electron chi connectivity index (χ3n) is 9.07. The summed E-state index contributed by atoms with van der Waals surface area (Å²) in [5.41, 5.74) is 5.07. The second kappa shape index (κ2) is 18.4. The molecule has 0 saturated carbocycles. The van der Waals surface area contributed by atoms with Gasteiger partial charge in [0.05, 0.1) is 0 Å². The summed E-state index contributed by atoms with van der Waals surface area (Å²) in [6.07, 6.45) is 4.62. The number of carbonyl (C=O) groups is 4. The standard InChI is InChI=1S/C39H50ClN5O4/c1-5-7-22-43(39(49)41-4)26-31-10-9-11-33(24-31)32-16-12-30(13-17-32)25-35-38(48)45(28(3)37(47)44(35)23-8-6-2)27-36(46)42-21-20-29-14-18-34(40)19-15-29/h9-19,24,28,35H,5-8,20-23,25-27H2,1-4H3,(H,41,49)(H,42,46)/t28-,35+/m0/s1. The van der Waals surface area contributed by atoms with Crippen LogP contribution in [0.1, 0.15) is 63.1 Å². The number of nitrogens with zero attached hydrogens (tertiary/aromatic N) is 3. The first-order valence-electron chi connectivity index (χ1n) is 17.4. The maximum atomic E-state index is 14.0. The van der Waals surface area contributed by atoms with Crippen molar-refractivity contribution in [2.75, 3.05) is 33.2 Å². The molecule has 3 aromatic carbocycles. The second-order valence-corrected chi connectivity index (χ2v) is 13.1. The minimum atomic E-state index is -0.724. The number of carbonyl (C=O) groups excluding carboxylic acids is 4. The van der Waals surface area contributed by atoms with Gasteiger partial charge in [0.2, 0.25) is 17.7 Å². The lowest BCUT2D eigenvalue weighted by Crippen LogP contribution is -2.65. The Bertz CT molecular complexity index is 1560. The molecule has 4 rings (SSSR count). The van der Waals surface area contributed by atoms with Gasteiger partial charge in [-0.15, -0.1) is 0 Å². The van der Waals surface area contributed by atoms with Gasteiger partial charge in [-0.3, -0.25) is 14.4 Å². The summed E-state index contributed by atoms with van der Waals surface area (Å²) in [7, 11) is 1.65. The predicted octanol–water partition coefficient (Wildman–Crippen LogP) is 6.08. The number of unbranched alkanes of at least 4 members (excludes halogenated alkanes) is 2. The first-order chi connectivity index (χ1) is 23.6. The molecule has 3 aromatic rings. The molecule has 1 saturated heterocycles. The Labute approximate surface area is 296 Å². The van der Waals surface area contributed by atoms with Gasteiger partial charge in [0, 0.05) is 44.7 Å². The Morgan fingerprint density at radius 2 is 1.53 bits per heavy atom. The zero-order chi connectivity index (χ0) is 35.3. The summed E-state index contributed by atoms with van der Waals surface area (Å²) in [6.45, 7) is 7.82. The van der Waals surface area contributed by atoms with Crippen LogP contribution in [-0.4, -0.2) is 83.8 Å². The average molecular weight is 688 g/mol. The highest BCUT2D eigenvalue weighted by molar-refractivity contribution is 6.30. The largest absolute Gasteiger partial charge is 0.354 e.